The number of hydrogen-bond acceptors (Lipinski definition) is 3. The van der Waals surface area contributed by atoms with Gasteiger partial charge in [-0.25, -0.2) is 0 Å². The molecule has 1 atom stereocenters. The van der Waals surface area contributed by atoms with Crippen LogP contribution in [0, 0.1) is 0 Å². The fourth-order valence-corrected chi connectivity index (χ4v) is 3.07. The van der Waals surface area contributed by atoms with E-state index in [2.05, 4.69) is 10.6 Å². The molecule has 1 aromatic rings. The highest BCUT2D eigenvalue weighted by atomic mass is 35.5. The van der Waals surface area contributed by atoms with E-state index in [0.717, 1.165) is 11.3 Å². The molecule has 17 heavy (non-hydrogen) atoms. The van der Waals surface area contributed by atoms with Crippen molar-refractivity contribution in [2.24, 2.45) is 0 Å². The number of carbonyl (C=O) groups excluding carboxylic acids is 2. The third kappa shape index (κ3) is 3.12. The molecule has 2 N–H and O–H groups in total. The number of amides is 2. The maximum absolute atomic E-state index is 11.9. The van der Waals surface area contributed by atoms with Crippen LogP contribution < -0.4 is 10.6 Å². The molecule has 4 nitrogen and oxygen atoms in total. The molecule has 1 unspecified atom stereocenters. The van der Waals surface area contributed by atoms with Crippen LogP contribution in [0.3, 0.4) is 0 Å². The Labute approximate surface area is 112 Å². The number of nitrogens with one attached hydrogen (secondary N) is 2. The topological polar surface area (TPSA) is 58.2 Å². The summed E-state index contributed by atoms with van der Waals surface area (Å²) in [5.74, 6) is -0.230. The first-order valence-corrected chi connectivity index (χ1v) is 6.66. The number of rotatable bonds is 2. The second kappa shape index (κ2) is 5.25. The predicted octanol–water partition coefficient (Wildman–Crippen LogP) is 2.06. The van der Waals surface area contributed by atoms with Crippen LogP contribution in [0.2, 0.25) is 8.67 Å². The normalized spacial score (nSPS) is 19.9. The van der Waals surface area contributed by atoms with E-state index in [1.165, 1.54) is 0 Å². The monoisotopic (exact) mass is 292 g/mol. The quantitative estimate of drug-likeness (QED) is 0.877. The molecular formula is C10H10Cl2N2O2S. The lowest BCUT2D eigenvalue weighted by Gasteiger charge is -2.23. The van der Waals surface area contributed by atoms with Crippen LogP contribution in [0.25, 0.3) is 0 Å². The van der Waals surface area contributed by atoms with Gasteiger partial charge >= 0.3 is 0 Å². The van der Waals surface area contributed by atoms with Gasteiger partial charge in [0.05, 0.1) is 9.90 Å². The minimum atomic E-state index is -0.251. The summed E-state index contributed by atoms with van der Waals surface area (Å²) in [6.07, 6.45) is 1.08. The third-order valence-corrected chi connectivity index (χ3v) is 3.99. The Balaban J connectivity index is 1.97. The molecule has 0 bridgehead atoms. The summed E-state index contributed by atoms with van der Waals surface area (Å²) in [4.78, 5) is 22.8. The Morgan fingerprint density at radius 2 is 2.29 bits per heavy atom. The largest absolute Gasteiger partial charge is 0.354 e. The van der Waals surface area contributed by atoms with Crippen LogP contribution in [0.1, 0.15) is 23.2 Å². The van der Waals surface area contributed by atoms with Crippen LogP contribution >= 0.6 is 34.5 Å². The van der Waals surface area contributed by atoms with E-state index in [-0.39, 0.29) is 17.9 Å². The predicted molar refractivity (Wildman–Crippen MR) is 67.8 cm³/mol. The molecule has 0 aromatic carbocycles. The average Bonchev–Trinajstić information content (AvgIpc) is 2.61. The molecule has 0 radical (unpaired) electrons. The molecule has 1 aromatic heterocycles. The van der Waals surface area contributed by atoms with E-state index in [9.17, 15) is 9.59 Å². The minimum absolute atomic E-state index is 0.0205. The second-order valence-corrected chi connectivity index (χ2v) is 6.04. The molecule has 2 rings (SSSR count). The molecule has 0 aliphatic carbocycles. The molecule has 0 saturated carbocycles. The maximum Gasteiger partial charge on any atom is 0.253 e. The van der Waals surface area contributed by atoms with Crippen molar-refractivity contribution in [1.82, 2.24) is 10.6 Å². The summed E-state index contributed by atoms with van der Waals surface area (Å²) in [5.41, 5.74) is 0.388. The van der Waals surface area contributed by atoms with Gasteiger partial charge in [-0.05, 0) is 12.5 Å². The van der Waals surface area contributed by atoms with E-state index in [1.54, 1.807) is 6.07 Å². The number of carbonyl (C=O) groups is 2. The number of piperidine rings is 1. The molecule has 0 spiro atoms. The van der Waals surface area contributed by atoms with Gasteiger partial charge in [0, 0.05) is 19.0 Å². The summed E-state index contributed by atoms with van der Waals surface area (Å²) >= 11 is 12.8. The average molecular weight is 293 g/mol. The van der Waals surface area contributed by atoms with Crippen molar-refractivity contribution >= 4 is 46.4 Å². The first kappa shape index (κ1) is 12.7. The van der Waals surface area contributed by atoms with Crippen LogP contribution in [0.5, 0.6) is 0 Å². The van der Waals surface area contributed by atoms with Crippen molar-refractivity contribution in [3.8, 4) is 0 Å². The highest BCUT2D eigenvalue weighted by Crippen LogP contribution is 2.31. The fourth-order valence-electron chi connectivity index (χ4n) is 1.61. The Bertz CT molecular complexity index is 451. The maximum atomic E-state index is 11.9. The molecule has 1 aliphatic rings. The summed E-state index contributed by atoms with van der Waals surface area (Å²) in [6, 6.07) is 1.50. The van der Waals surface area contributed by atoms with Crippen LogP contribution in [0.4, 0.5) is 0 Å². The lowest BCUT2D eigenvalue weighted by atomic mass is 10.1. The highest BCUT2D eigenvalue weighted by Gasteiger charge is 2.22. The number of thiophene rings is 1. The SMILES string of the molecule is O=C1CCC(NC(=O)c2cc(Cl)sc2Cl)CN1. The van der Waals surface area contributed by atoms with Gasteiger partial charge in [-0.3, -0.25) is 9.59 Å². The van der Waals surface area contributed by atoms with E-state index in [1.807, 2.05) is 0 Å². The van der Waals surface area contributed by atoms with E-state index in [0.29, 0.717) is 33.6 Å². The smallest absolute Gasteiger partial charge is 0.253 e. The van der Waals surface area contributed by atoms with Crippen LogP contribution in [-0.2, 0) is 4.79 Å². The first-order valence-electron chi connectivity index (χ1n) is 5.08. The molecule has 2 amide bonds. The summed E-state index contributed by atoms with van der Waals surface area (Å²) < 4.78 is 0.865. The van der Waals surface area contributed by atoms with Crippen molar-refractivity contribution in [1.29, 1.82) is 0 Å². The summed E-state index contributed by atoms with van der Waals surface area (Å²) in [6.45, 7) is 0.458. The zero-order chi connectivity index (χ0) is 12.4. The Morgan fingerprint density at radius 3 is 2.82 bits per heavy atom. The molecule has 1 saturated heterocycles. The molecular weight excluding hydrogens is 283 g/mol. The van der Waals surface area contributed by atoms with Gasteiger partial charge in [-0.15, -0.1) is 11.3 Å². The lowest BCUT2D eigenvalue weighted by molar-refractivity contribution is -0.122. The Kier molecular flexibility index (Phi) is 3.91. The zero-order valence-corrected chi connectivity index (χ0v) is 11.1. The fraction of sp³-hybridized carbons (Fsp3) is 0.400. The molecule has 92 valence electrons. The third-order valence-electron chi connectivity index (χ3n) is 2.50. The van der Waals surface area contributed by atoms with Crippen molar-refractivity contribution in [2.45, 2.75) is 18.9 Å². The van der Waals surface area contributed by atoms with Crippen molar-refractivity contribution in [3.63, 3.8) is 0 Å². The summed E-state index contributed by atoms with van der Waals surface area (Å²) in [5, 5.41) is 5.52. The number of halogens is 2. The molecule has 1 fully saturated rings. The van der Waals surface area contributed by atoms with E-state index in [4.69, 9.17) is 23.2 Å². The van der Waals surface area contributed by atoms with Gasteiger partial charge in [0.25, 0.3) is 5.91 Å². The summed E-state index contributed by atoms with van der Waals surface area (Å²) in [7, 11) is 0. The first-order chi connectivity index (χ1) is 8.06. The lowest BCUT2D eigenvalue weighted by Crippen LogP contribution is -2.47. The minimum Gasteiger partial charge on any atom is -0.354 e. The van der Waals surface area contributed by atoms with Gasteiger partial charge < -0.3 is 10.6 Å². The molecule has 1 aliphatic heterocycles. The second-order valence-electron chi connectivity index (χ2n) is 3.75. The van der Waals surface area contributed by atoms with Gasteiger partial charge in [-0.2, -0.15) is 0 Å². The van der Waals surface area contributed by atoms with E-state index < -0.39 is 0 Å². The van der Waals surface area contributed by atoms with Gasteiger partial charge in [0.15, 0.2) is 0 Å². The zero-order valence-electron chi connectivity index (χ0n) is 8.76. The van der Waals surface area contributed by atoms with Crippen molar-refractivity contribution in [2.75, 3.05) is 6.54 Å². The van der Waals surface area contributed by atoms with E-state index >= 15 is 0 Å². The Hall–Kier alpha value is -0.780. The van der Waals surface area contributed by atoms with Gasteiger partial charge in [0.1, 0.15) is 4.34 Å². The van der Waals surface area contributed by atoms with Crippen molar-refractivity contribution in [3.05, 3.63) is 20.3 Å². The standard InChI is InChI=1S/C10H10Cl2N2O2S/c11-7-3-6(9(12)17-7)10(16)14-5-1-2-8(15)13-4-5/h3,5H,1-2,4H2,(H,13,15)(H,14,16). The van der Waals surface area contributed by atoms with Crippen molar-refractivity contribution < 1.29 is 9.59 Å². The molecule has 7 heteroatoms. The van der Waals surface area contributed by atoms with Gasteiger partial charge in [0.2, 0.25) is 5.91 Å². The van der Waals surface area contributed by atoms with Gasteiger partial charge in [-0.1, -0.05) is 23.2 Å². The highest BCUT2D eigenvalue weighted by molar-refractivity contribution is 7.20. The Morgan fingerprint density at radius 1 is 1.53 bits per heavy atom. The van der Waals surface area contributed by atoms with Crippen LogP contribution in [0.15, 0.2) is 6.07 Å². The van der Waals surface area contributed by atoms with Crippen LogP contribution in [-0.4, -0.2) is 24.4 Å². The molecule has 2 heterocycles. The number of hydrogen-bond donors (Lipinski definition) is 2.